The van der Waals surface area contributed by atoms with Crippen LogP contribution in [0.2, 0.25) is 0 Å². The van der Waals surface area contributed by atoms with Crippen LogP contribution < -0.4 is 5.32 Å². The largest absolute Gasteiger partial charge is 0.352 e. The maximum atomic E-state index is 13.0. The molecular weight excluding hydrogens is 488 g/mol. The van der Waals surface area contributed by atoms with Gasteiger partial charge in [0.15, 0.2) is 0 Å². The van der Waals surface area contributed by atoms with Crippen molar-refractivity contribution in [2.24, 2.45) is 5.92 Å². The first kappa shape index (κ1) is 26.8. The van der Waals surface area contributed by atoms with Crippen molar-refractivity contribution in [1.82, 2.24) is 29.9 Å². The smallest absolute Gasteiger partial charge is 0.241 e. The summed E-state index contributed by atoms with van der Waals surface area (Å²) in [7, 11) is 0. The number of hydrogen-bond acceptors (Lipinski definition) is 6. The van der Waals surface area contributed by atoms with Crippen molar-refractivity contribution in [3.63, 3.8) is 0 Å². The van der Waals surface area contributed by atoms with Crippen LogP contribution in [0.5, 0.6) is 0 Å². The Bertz CT molecular complexity index is 1380. The Balaban J connectivity index is 1.11. The molecule has 1 unspecified atom stereocenters. The van der Waals surface area contributed by atoms with Gasteiger partial charge in [-0.1, -0.05) is 74.5 Å². The highest BCUT2D eigenvalue weighted by Crippen LogP contribution is 2.25. The number of nitrogens with one attached hydrogen (secondary N) is 1. The normalized spacial score (nSPS) is 16.4. The number of carbonyl (C=O) groups excluding carboxylic acids is 1. The highest BCUT2D eigenvalue weighted by Gasteiger charge is 2.27. The van der Waals surface area contributed by atoms with E-state index in [0.717, 1.165) is 42.9 Å². The zero-order valence-corrected chi connectivity index (χ0v) is 23.4. The average molecular weight is 527 g/mol. The quantitative estimate of drug-likeness (QED) is 0.343. The van der Waals surface area contributed by atoms with Crippen LogP contribution in [0.1, 0.15) is 62.0 Å². The Hall–Kier alpha value is -3.78. The first-order valence-corrected chi connectivity index (χ1v) is 13.7. The van der Waals surface area contributed by atoms with E-state index in [4.69, 9.17) is 4.52 Å². The lowest BCUT2D eigenvalue weighted by atomic mass is 9.87. The van der Waals surface area contributed by atoms with E-state index in [1.54, 1.807) is 0 Å². The Morgan fingerprint density at radius 2 is 1.79 bits per heavy atom. The van der Waals surface area contributed by atoms with Crippen molar-refractivity contribution in [3.8, 4) is 11.4 Å². The van der Waals surface area contributed by atoms with Gasteiger partial charge in [-0.3, -0.25) is 9.69 Å². The lowest BCUT2D eigenvalue weighted by molar-refractivity contribution is -0.127. The lowest BCUT2D eigenvalue weighted by Crippen LogP contribution is -2.42. The van der Waals surface area contributed by atoms with Crippen LogP contribution >= 0.6 is 0 Å². The molecule has 1 saturated heterocycles. The van der Waals surface area contributed by atoms with Crippen LogP contribution in [0.15, 0.2) is 65.4 Å². The van der Waals surface area contributed by atoms with Gasteiger partial charge >= 0.3 is 0 Å². The van der Waals surface area contributed by atoms with Crippen molar-refractivity contribution in [2.45, 2.75) is 65.6 Å². The third-order valence-corrected chi connectivity index (χ3v) is 7.48. The SMILES string of the molecule is Cc1nccn1Cc1ccc(CNC(=O)C2CCCN(Cc3nc(-c4ccc(C(C)(C)C)cc4)no3)C2)cc1. The summed E-state index contributed by atoms with van der Waals surface area (Å²) in [6.07, 6.45) is 5.66. The van der Waals surface area contributed by atoms with Crippen molar-refractivity contribution >= 4 is 5.91 Å². The predicted molar refractivity (Wildman–Crippen MR) is 151 cm³/mol. The summed E-state index contributed by atoms with van der Waals surface area (Å²) in [6, 6.07) is 16.7. The number of hydrogen-bond donors (Lipinski definition) is 1. The van der Waals surface area contributed by atoms with Crippen LogP contribution in [-0.2, 0) is 29.8 Å². The van der Waals surface area contributed by atoms with Gasteiger partial charge in [-0.2, -0.15) is 4.98 Å². The van der Waals surface area contributed by atoms with Crippen molar-refractivity contribution in [1.29, 1.82) is 0 Å². The molecule has 39 heavy (non-hydrogen) atoms. The van der Waals surface area contributed by atoms with E-state index >= 15 is 0 Å². The second-order valence-electron chi connectivity index (χ2n) is 11.5. The standard InChI is InChI=1S/C31H38N6O2/c1-22-32-15-17-37(22)19-24-9-7-23(8-10-24)18-33-30(38)26-6-5-16-36(20-26)21-28-34-29(35-39-28)25-11-13-27(14-12-25)31(2,3)4/h7-15,17,26H,5-6,16,18-21H2,1-4H3,(H,33,38). The number of benzene rings is 2. The van der Waals surface area contributed by atoms with Gasteiger partial charge in [0.2, 0.25) is 17.6 Å². The average Bonchev–Trinajstić information content (AvgIpc) is 3.56. The van der Waals surface area contributed by atoms with Gasteiger partial charge in [0, 0.05) is 37.6 Å². The molecule has 2 aromatic carbocycles. The number of aryl methyl sites for hydroxylation is 1. The van der Waals surface area contributed by atoms with E-state index in [0.29, 0.717) is 31.3 Å². The molecule has 0 radical (unpaired) electrons. The Morgan fingerprint density at radius 3 is 2.49 bits per heavy atom. The fraction of sp³-hybridized carbons (Fsp3) is 0.419. The Morgan fingerprint density at radius 1 is 1.05 bits per heavy atom. The minimum atomic E-state index is -0.0467. The Labute approximate surface area is 230 Å². The van der Waals surface area contributed by atoms with Crippen molar-refractivity contribution in [3.05, 3.63) is 89.3 Å². The molecule has 0 saturated carbocycles. The number of likely N-dealkylation sites (tertiary alicyclic amines) is 1. The molecule has 204 valence electrons. The molecule has 1 amide bonds. The number of piperidine rings is 1. The topological polar surface area (TPSA) is 89.1 Å². The molecule has 1 aliphatic rings. The lowest BCUT2D eigenvalue weighted by Gasteiger charge is -2.30. The van der Waals surface area contributed by atoms with Gasteiger partial charge in [-0.05, 0) is 48.4 Å². The summed E-state index contributed by atoms with van der Waals surface area (Å²) >= 11 is 0. The summed E-state index contributed by atoms with van der Waals surface area (Å²) < 4.78 is 7.68. The van der Waals surface area contributed by atoms with Crippen LogP contribution in [-0.4, -0.2) is 43.6 Å². The van der Waals surface area contributed by atoms with Crippen LogP contribution in [0.25, 0.3) is 11.4 Å². The van der Waals surface area contributed by atoms with Gasteiger partial charge < -0.3 is 14.4 Å². The van der Waals surface area contributed by atoms with E-state index in [9.17, 15) is 4.79 Å². The van der Waals surface area contributed by atoms with E-state index in [-0.39, 0.29) is 17.2 Å². The molecule has 8 nitrogen and oxygen atoms in total. The summed E-state index contributed by atoms with van der Waals surface area (Å²) in [5.41, 5.74) is 4.61. The number of imidazole rings is 1. The molecule has 1 N–H and O–H groups in total. The zero-order valence-electron chi connectivity index (χ0n) is 23.4. The van der Waals surface area contributed by atoms with E-state index < -0.39 is 0 Å². The van der Waals surface area contributed by atoms with E-state index in [1.807, 2.05) is 31.5 Å². The summed E-state index contributed by atoms with van der Waals surface area (Å²) in [4.78, 5) is 24.1. The molecule has 1 fully saturated rings. The first-order chi connectivity index (χ1) is 18.7. The molecule has 1 atom stereocenters. The van der Waals surface area contributed by atoms with Crippen LogP contribution in [0, 0.1) is 12.8 Å². The minimum Gasteiger partial charge on any atom is -0.352 e. The molecular formula is C31H38N6O2. The molecule has 0 spiro atoms. The van der Waals surface area contributed by atoms with Gasteiger partial charge in [-0.25, -0.2) is 4.98 Å². The second-order valence-corrected chi connectivity index (χ2v) is 11.5. The molecule has 1 aliphatic heterocycles. The summed E-state index contributed by atoms with van der Waals surface area (Å²) in [5.74, 6) is 2.23. The molecule has 0 aliphatic carbocycles. The summed E-state index contributed by atoms with van der Waals surface area (Å²) in [5, 5.41) is 7.33. The maximum Gasteiger partial charge on any atom is 0.241 e. The van der Waals surface area contributed by atoms with Crippen LogP contribution in [0.3, 0.4) is 0 Å². The second kappa shape index (κ2) is 11.5. The molecule has 8 heteroatoms. The molecule has 5 rings (SSSR count). The van der Waals surface area contributed by atoms with Crippen LogP contribution in [0.4, 0.5) is 0 Å². The molecule has 4 aromatic rings. The third kappa shape index (κ3) is 6.81. The van der Waals surface area contributed by atoms with Gasteiger partial charge in [0.25, 0.3) is 0 Å². The molecule has 2 aromatic heterocycles. The van der Waals surface area contributed by atoms with Crippen molar-refractivity contribution < 1.29 is 9.32 Å². The number of rotatable bonds is 8. The van der Waals surface area contributed by atoms with Crippen molar-refractivity contribution in [2.75, 3.05) is 13.1 Å². The zero-order chi connectivity index (χ0) is 27.4. The van der Waals surface area contributed by atoms with Gasteiger partial charge in [-0.15, -0.1) is 0 Å². The fourth-order valence-corrected chi connectivity index (χ4v) is 5.02. The number of nitrogens with zero attached hydrogens (tertiary/aromatic N) is 5. The molecule has 0 bridgehead atoms. The van der Waals surface area contributed by atoms with Gasteiger partial charge in [0.05, 0.1) is 12.5 Å². The number of carbonyl (C=O) groups is 1. The van der Waals surface area contributed by atoms with E-state index in [2.05, 4.69) is 87.1 Å². The predicted octanol–water partition coefficient (Wildman–Crippen LogP) is 5.12. The number of aromatic nitrogens is 4. The minimum absolute atomic E-state index is 0.0467. The monoisotopic (exact) mass is 526 g/mol. The number of amides is 1. The first-order valence-electron chi connectivity index (χ1n) is 13.7. The fourth-order valence-electron chi connectivity index (χ4n) is 5.02. The van der Waals surface area contributed by atoms with E-state index in [1.165, 1.54) is 11.1 Å². The highest BCUT2D eigenvalue weighted by atomic mass is 16.5. The Kier molecular flexibility index (Phi) is 7.93. The highest BCUT2D eigenvalue weighted by molar-refractivity contribution is 5.79. The third-order valence-electron chi connectivity index (χ3n) is 7.48. The van der Waals surface area contributed by atoms with Gasteiger partial charge in [0.1, 0.15) is 5.82 Å². The maximum absolute atomic E-state index is 13.0. The summed E-state index contributed by atoms with van der Waals surface area (Å²) in [6.45, 7) is 12.1. The molecule has 3 heterocycles.